The predicted molar refractivity (Wildman–Crippen MR) is 94.5 cm³/mol. The molecule has 0 saturated carbocycles. The van der Waals surface area contributed by atoms with Crippen LogP contribution < -0.4 is 0 Å². The summed E-state index contributed by atoms with van der Waals surface area (Å²) in [5, 5.41) is 0. The van der Waals surface area contributed by atoms with E-state index in [1.54, 1.807) is 32.1 Å². The summed E-state index contributed by atoms with van der Waals surface area (Å²) in [5.41, 5.74) is 1.70. The number of hydrogen-bond donors (Lipinski definition) is 0. The van der Waals surface area contributed by atoms with Crippen LogP contribution in [0.25, 0.3) is 0 Å². The zero-order chi connectivity index (χ0) is 19.5. The first-order valence-corrected chi connectivity index (χ1v) is 9.62. The van der Waals surface area contributed by atoms with Gasteiger partial charge in [-0.1, -0.05) is 35.9 Å². The topological polar surface area (TPSA) is 60.4 Å². The first-order chi connectivity index (χ1) is 12.0. The van der Waals surface area contributed by atoms with Gasteiger partial charge in [-0.2, -0.15) is 8.42 Å². The van der Waals surface area contributed by atoms with Crippen molar-refractivity contribution in [2.45, 2.75) is 43.9 Å². The van der Waals surface area contributed by atoms with Gasteiger partial charge < -0.3 is 0 Å². The van der Waals surface area contributed by atoms with E-state index >= 15 is 0 Å². The monoisotopic (exact) mass is 384 g/mol. The molecule has 0 amide bonds. The van der Waals surface area contributed by atoms with Gasteiger partial charge in [0, 0.05) is 12.8 Å². The van der Waals surface area contributed by atoms with E-state index in [1.165, 1.54) is 12.1 Å². The molecule has 1 aromatic carbocycles. The Morgan fingerprint density at radius 1 is 1.27 bits per heavy atom. The Morgan fingerprint density at radius 2 is 1.88 bits per heavy atom. The first-order valence-electron chi connectivity index (χ1n) is 8.22. The smallest absolute Gasteiger partial charge is 0.295 e. The summed E-state index contributed by atoms with van der Waals surface area (Å²) in [5.74, 6) is -3.83. The standard InChI is InChI=1S/C19H22F2O4S/c1-13-4-8-17(9-5-13)26(23,24)25-12-19(20,21)11-15(3)16-7-6-14(2)18(22)10-16/h4-6,8-9,16H,3,7,10-12H2,1-2H3/t16-/m0/s1. The molecule has 1 aliphatic carbocycles. The molecule has 0 bridgehead atoms. The number of halogens is 2. The van der Waals surface area contributed by atoms with Crippen molar-refractivity contribution in [3.8, 4) is 0 Å². The van der Waals surface area contributed by atoms with Gasteiger partial charge in [-0.05, 0) is 43.9 Å². The molecule has 0 fully saturated rings. The average molecular weight is 384 g/mol. The minimum atomic E-state index is -4.26. The van der Waals surface area contributed by atoms with E-state index in [9.17, 15) is 22.0 Å². The summed E-state index contributed by atoms with van der Waals surface area (Å²) in [6, 6.07) is 5.74. The molecule has 1 aliphatic rings. The van der Waals surface area contributed by atoms with Crippen LogP contribution in [0.2, 0.25) is 0 Å². The summed E-state index contributed by atoms with van der Waals surface area (Å²) >= 11 is 0. The number of ketones is 1. The van der Waals surface area contributed by atoms with Crippen molar-refractivity contribution in [2.75, 3.05) is 6.61 Å². The quantitative estimate of drug-likeness (QED) is 0.522. The third-order valence-electron chi connectivity index (χ3n) is 4.38. The lowest BCUT2D eigenvalue weighted by molar-refractivity contribution is -0.116. The molecule has 4 nitrogen and oxygen atoms in total. The molecule has 1 atom stereocenters. The molecular formula is C19H22F2O4S. The SMILES string of the molecule is C=C(CC(F)(F)COS(=O)(=O)c1ccc(C)cc1)[C@H]1CC=C(C)C(=O)C1. The molecule has 0 aliphatic heterocycles. The Balaban J connectivity index is 1.97. The van der Waals surface area contributed by atoms with Gasteiger partial charge in [-0.15, -0.1) is 0 Å². The average Bonchev–Trinajstić information content (AvgIpc) is 2.56. The van der Waals surface area contributed by atoms with E-state index in [1.807, 2.05) is 0 Å². The van der Waals surface area contributed by atoms with Crippen molar-refractivity contribution >= 4 is 15.9 Å². The maximum Gasteiger partial charge on any atom is 0.297 e. The van der Waals surface area contributed by atoms with Gasteiger partial charge in [0.2, 0.25) is 0 Å². The van der Waals surface area contributed by atoms with Crippen molar-refractivity contribution in [1.29, 1.82) is 0 Å². The molecule has 0 unspecified atom stereocenters. The van der Waals surface area contributed by atoms with Gasteiger partial charge in [0.05, 0.1) is 4.90 Å². The highest BCUT2D eigenvalue weighted by Gasteiger charge is 2.35. The van der Waals surface area contributed by atoms with E-state index in [-0.39, 0.29) is 28.6 Å². The summed E-state index contributed by atoms with van der Waals surface area (Å²) in [6.45, 7) is 5.88. The van der Waals surface area contributed by atoms with Crippen LogP contribution in [-0.2, 0) is 19.1 Å². The Bertz CT molecular complexity index is 824. The second kappa shape index (κ2) is 7.80. The molecule has 7 heteroatoms. The highest BCUT2D eigenvalue weighted by Crippen LogP contribution is 2.33. The molecule has 0 aromatic heterocycles. The number of benzene rings is 1. The highest BCUT2D eigenvalue weighted by molar-refractivity contribution is 7.86. The number of alkyl halides is 2. The Labute approximate surface area is 152 Å². The van der Waals surface area contributed by atoms with Crippen molar-refractivity contribution in [2.24, 2.45) is 5.92 Å². The molecule has 26 heavy (non-hydrogen) atoms. The normalized spacial score (nSPS) is 18.5. The maximum absolute atomic E-state index is 14.2. The Morgan fingerprint density at radius 3 is 2.46 bits per heavy atom. The molecule has 2 rings (SSSR count). The second-order valence-electron chi connectivity index (χ2n) is 6.67. The number of aryl methyl sites for hydroxylation is 1. The minimum Gasteiger partial charge on any atom is -0.295 e. The molecule has 142 valence electrons. The molecule has 0 saturated heterocycles. The van der Waals surface area contributed by atoms with Crippen LogP contribution in [0.1, 0.15) is 31.7 Å². The molecule has 1 aromatic rings. The second-order valence-corrected chi connectivity index (χ2v) is 8.28. The van der Waals surface area contributed by atoms with Crippen LogP contribution in [0.3, 0.4) is 0 Å². The maximum atomic E-state index is 14.2. The fraction of sp³-hybridized carbons (Fsp3) is 0.421. The van der Waals surface area contributed by atoms with Crippen molar-refractivity contribution in [1.82, 2.24) is 0 Å². The zero-order valence-electron chi connectivity index (χ0n) is 14.8. The van der Waals surface area contributed by atoms with Crippen LogP contribution in [0.15, 0.2) is 53.0 Å². The van der Waals surface area contributed by atoms with Crippen LogP contribution >= 0.6 is 0 Å². The minimum absolute atomic E-state index is 0.0797. The van der Waals surface area contributed by atoms with E-state index in [4.69, 9.17) is 0 Å². The van der Waals surface area contributed by atoms with E-state index < -0.39 is 29.1 Å². The van der Waals surface area contributed by atoms with Crippen LogP contribution in [0, 0.1) is 12.8 Å². The van der Waals surface area contributed by atoms with E-state index in [0.29, 0.717) is 12.0 Å². The number of allylic oxidation sites excluding steroid dienone is 3. The Hall–Kier alpha value is -1.86. The van der Waals surface area contributed by atoms with Gasteiger partial charge in [0.15, 0.2) is 5.78 Å². The summed E-state index contributed by atoms with van der Waals surface area (Å²) < 4.78 is 56.9. The van der Waals surface area contributed by atoms with Crippen LogP contribution in [-0.4, -0.2) is 26.7 Å². The molecule has 0 spiro atoms. The molecule has 0 heterocycles. The van der Waals surface area contributed by atoms with Gasteiger partial charge in [-0.3, -0.25) is 8.98 Å². The van der Waals surface area contributed by atoms with Gasteiger partial charge in [0.25, 0.3) is 16.0 Å². The highest BCUT2D eigenvalue weighted by atomic mass is 32.2. The Kier molecular flexibility index (Phi) is 6.13. The van der Waals surface area contributed by atoms with E-state index in [2.05, 4.69) is 10.8 Å². The van der Waals surface area contributed by atoms with Gasteiger partial charge >= 0.3 is 0 Å². The number of Topliss-reactive ketones (excluding diaryl/α,β-unsaturated/α-hetero) is 1. The summed E-state index contributed by atoms with van der Waals surface area (Å²) in [7, 11) is -4.26. The number of carbonyl (C=O) groups is 1. The zero-order valence-corrected chi connectivity index (χ0v) is 15.6. The number of carbonyl (C=O) groups excluding carboxylic acids is 1. The number of hydrogen-bond acceptors (Lipinski definition) is 4. The summed E-state index contributed by atoms with van der Waals surface area (Å²) in [4.78, 5) is 11.5. The van der Waals surface area contributed by atoms with Crippen LogP contribution in [0.4, 0.5) is 8.78 Å². The third kappa shape index (κ3) is 5.32. The van der Waals surface area contributed by atoms with Crippen molar-refractivity contribution < 1.29 is 26.2 Å². The molecule has 0 radical (unpaired) electrons. The lowest BCUT2D eigenvalue weighted by atomic mass is 9.82. The fourth-order valence-electron chi connectivity index (χ4n) is 2.68. The van der Waals surface area contributed by atoms with Gasteiger partial charge in [-0.25, -0.2) is 8.78 Å². The largest absolute Gasteiger partial charge is 0.297 e. The van der Waals surface area contributed by atoms with E-state index in [0.717, 1.165) is 5.56 Å². The first kappa shape index (κ1) is 20.5. The van der Waals surface area contributed by atoms with Crippen molar-refractivity contribution in [3.05, 3.63) is 53.6 Å². The summed E-state index contributed by atoms with van der Waals surface area (Å²) in [6.07, 6.45) is 1.63. The molecular weight excluding hydrogens is 362 g/mol. The lowest BCUT2D eigenvalue weighted by Crippen LogP contribution is -2.28. The van der Waals surface area contributed by atoms with Crippen LogP contribution in [0.5, 0.6) is 0 Å². The lowest BCUT2D eigenvalue weighted by Gasteiger charge is -2.25. The predicted octanol–water partition coefficient (Wildman–Crippen LogP) is 4.21. The number of rotatable bonds is 7. The van der Waals surface area contributed by atoms with Gasteiger partial charge in [0.1, 0.15) is 6.61 Å². The third-order valence-corrected chi connectivity index (χ3v) is 5.66. The fourth-order valence-corrected chi connectivity index (χ4v) is 3.61. The molecule has 0 N–H and O–H groups in total. The van der Waals surface area contributed by atoms with Crippen molar-refractivity contribution in [3.63, 3.8) is 0 Å².